The van der Waals surface area contributed by atoms with Crippen molar-refractivity contribution < 1.29 is 27.2 Å². The van der Waals surface area contributed by atoms with Crippen molar-refractivity contribution in [3.63, 3.8) is 0 Å². The average Bonchev–Trinajstić information content (AvgIpc) is 3.14. The maximum absolute atomic E-state index is 13.9. The van der Waals surface area contributed by atoms with E-state index in [9.17, 15) is 18.0 Å². The summed E-state index contributed by atoms with van der Waals surface area (Å²) in [5, 5.41) is 4.11. The second kappa shape index (κ2) is 8.58. The normalized spacial score (nSPS) is 20.8. The summed E-state index contributed by atoms with van der Waals surface area (Å²) in [4.78, 5) is 19.1. The highest BCUT2D eigenvalue weighted by Gasteiger charge is 2.49. The Morgan fingerprint density at radius 1 is 1.32 bits per heavy atom. The third kappa shape index (κ3) is 4.45. The molecule has 31 heavy (non-hydrogen) atoms. The topological polar surface area (TPSA) is 94.5 Å². The van der Waals surface area contributed by atoms with Gasteiger partial charge in [-0.25, -0.2) is 13.2 Å². The zero-order valence-corrected chi connectivity index (χ0v) is 17.2. The van der Waals surface area contributed by atoms with Crippen LogP contribution in [0.4, 0.5) is 13.2 Å². The van der Waals surface area contributed by atoms with Gasteiger partial charge in [-0.1, -0.05) is 5.16 Å². The van der Waals surface area contributed by atoms with Gasteiger partial charge < -0.3 is 19.9 Å². The SMILES string of the molecule is COCC1(c2noc(C3CCCN3C(=O)CC(N)Cc3cc(F)c(F)cc3F)n2)CC1. The van der Waals surface area contributed by atoms with Crippen molar-refractivity contribution in [1.29, 1.82) is 0 Å². The molecular weight excluding hydrogens is 413 g/mol. The van der Waals surface area contributed by atoms with Crippen LogP contribution in [0.15, 0.2) is 16.7 Å². The van der Waals surface area contributed by atoms with Gasteiger partial charge in [0.2, 0.25) is 11.8 Å². The largest absolute Gasteiger partial charge is 0.384 e. The Hall–Kier alpha value is -2.46. The number of methoxy groups -OCH3 is 1. The predicted molar refractivity (Wildman–Crippen MR) is 103 cm³/mol. The summed E-state index contributed by atoms with van der Waals surface area (Å²) in [7, 11) is 1.63. The molecule has 2 unspecified atom stereocenters. The Balaban J connectivity index is 1.40. The van der Waals surface area contributed by atoms with E-state index in [1.807, 2.05) is 0 Å². The number of ether oxygens (including phenoxy) is 1. The summed E-state index contributed by atoms with van der Waals surface area (Å²) in [6.45, 7) is 1.05. The molecule has 7 nitrogen and oxygen atoms in total. The minimum Gasteiger partial charge on any atom is -0.384 e. The summed E-state index contributed by atoms with van der Waals surface area (Å²) < 4.78 is 51.1. The molecule has 168 valence electrons. The van der Waals surface area contributed by atoms with E-state index in [0.29, 0.717) is 37.4 Å². The Morgan fingerprint density at radius 3 is 2.77 bits per heavy atom. The number of hydrogen-bond donors (Lipinski definition) is 1. The molecule has 4 rings (SSSR count). The molecule has 0 bridgehead atoms. The van der Waals surface area contributed by atoms with Gasteiger partial charge in [-0.3, -0.25) is 4.79 Å². The summed E-state index contributed by atoms with van der Waals surface area (Å²) in [5.41, 5.74) is 5.77. The molecule has 1 saturated heterocycles. The molecule has 1 aliphatic heterocycles. The van der Waals surface area contributed by atoms with Gasteiger partial charge in [0.1, 0.15) is 11.9 Å². The number of likely N-dealkylation sites (tertiary alicyclic amines) is 1. The first-order chi connectivity index (χ1) is 14.8. The van der Waals surface area contributed by atoms with E-state index in [-0.39, 0.29) is 35.8 Å². The molecule has 0 radical (unpaired) electrons. The predicted octanol–water partition coefficient (Wildman–Crippen LogP) is 2.79. The molecule has 2 N–H and O–H groups in total. The van der Waals surface area contributed by atoms with Crippen LogP contribution in [0.1, 0.15) is 55.4 Å². The second-order valence-corrected chi connectivity index (χ2v) is 8.44. The Labute approximate surface area is 177 Å². The van der Waals surface area contributed by atoms with Gasteiger partial charge >= 0.3 is 0 Å². The minimum atomic E-state index is -1.26. The number of nitrogens with zero attached hydrogens (tertiary/aromatic N) is 3. The van der Waals surface area contributed by atoms with Crippen molar-refractivity contribution in [2.45, 2.75) is 56.0 Å². The lowest BCUT2D eigenvalue weighted by Crippen LogP contribution is -2.36. The molecule has 1 aromatic carbocycles. The van der Waals surface area contributed by atoms with Crippen molar-refractivity contribution in [3.05, 3.63) is 46.9 Å². The fourth-order valence-electron chi connectivity index (χ4n) is 4.18. The molecule has 0 spiro atoms. The minimum absolute atomic E-state index is 0.0633. The van der Waals surface area contributed by atoms with E-state index in [4.69, 9.17) is 15.0 Å². The van der Waals surface area contributed by atoms with Crippen molar-refractivity contribution in [3.8, 4) is 0 Å². The molecule has 1 amide bonds. The Bertz CT molecular complexity index is 963. The molecule has 2 heterocycles. The summed E-state index contributed by atoms with van der Waals surface area (Å²) in [6.07, 6.45) is 3.19. The number of amides is 1. The molecular formula is C21H25F3N4O3. The molecule has 10 heteroatoms. The van der Waals surface area contributed by atoms with E-state index in [1.54, 1.807) is 12.0 Å². The Kier molecular flexibility index (Phi) is 6.02. The van der Waals surface area contributed by atoms with E-state index in [2.05, 4.69) is 10.1 Å². The van der Waals surface area contributed by atoms with Gasteiger partial charge in [0.05, 0.1) is 12.0 Å². The zero-order chi connectivity index (χ0) is 22.2. The molecule has 1 saturated carbocycles. The molecule has 2 aliphatic rings. The van der Waals surface area contributed by atoms with E-state index in [0.717, 1.165) is 25.3 Å². The first-order valence-electron chi connectivity index (χ1n) is 10.3. The number of carbonyl (C=O) groups is 1. The van der Waals surface area contributed by atoms with Crippen LogP contribution in [0.2, 0.25) is 0 Å². The van der Waals surface area contributed by atoms with Crippen LogP contribution in [0.25, 0.3) is 0 Å². The smallest absolute Gasteiger partial charge is 0.249 e. The van der Waals surface area contributed by atoms with Crippen molar-refractivity contribution in [1.82, 2.24) is 15.0 Å². The van der Waals surface area contributed by atoms with Gasteiger partial charge in [0.15, 0.2) is 17.5 Å². The average molecular weight is 438 g/mol. The Morgan fingerprint density at radius 2 is 2.06 bits per heavy atom. The van der Waals surface area contributed by atoms with Crippen LogP contribution < -0.4 is 5.73 Å². The van der Waals surface area contributed by atoms with Crippen LogP contribution in [-0.2, 0) is 21.4 Å². The maximum Gasteiger partial charge on any atom is 0.249 e. The number of benzene rings is 1. The van der Waals surface area contributed by atoms with Crippen molar-refractivity contribution >= 4 is 5.91 Å². The number of carbonyl (C=O) groups excluding carboxylic acids is 1. The van der Waals surface area contributed by atoms with Crippen LogP contribution in [0.5, 0.6) is 0 Å². The van der Waals surface area contributed by atoms with Gasteiger partial charge in [0, 0.05) is 32.2 Å². The highest BCUT2D eigenvalue weighted by Crippen LogP contribution is 2.47. The lowest BCUT2D eigenvalue weighted by molar-refractivity contribution is -0.132. The van der Waals surface area contributed by atoms with E-state index >= 15 is 0 Å². The summed E-state index contributed by atoms with van der Waals surface area (Å²) in [5.74, 6) is -2.52. The third-order valence-electron chi connectivity index (χ3n) is 6.06. The fourth-order valence-corrected chi connectivity index (χ4v) is 4.18. The number of rotatable bonds is 8. The highest BCUT2D eigenvalue weighted by atomic mass is 19.2. The first-order valence-corrected chi connectivity index (χ1v) is 10.3. The maximum atomic E-state index is 13.9. The lowest BCUT2D eigenvalue weighted by atomic mass is 10.0. The molecule has 2 fully saturated rings. The molecule has 2 atom stereocenters. The first kappa shape index (κ1) is 21.8. The van der Waals surface area contributed by atoms with Crippen LogP contribution in [-0.4, -0.2) is 47.3 Å². The van der Waals surface area contributed by atoms with Crippen LogP contribution in [0, 0.1) is 17.5 Å². The van der Waals surface area contributed by atoms with Gasteiger partial charge in [0.25, 0.3) is 0 Å². The molecule has 1 aliphatic carbocycles. The standard InChI is InChI=1S/C21H25F3N4O3/c1-30-11-21(4-5-21)20-26-19(31-27-20)17-3-2-6-28(17)18(29)9-13(25)7-12-8-15(23)16(24)10-14(12)22/h8,10,13,17H,2-7,9,11,25H2,1H3. The molecule has 2 aromatic rings. The van der Waals surface area contributed by atoms with Crippen LogP contribution in [0.3, 0.4) is 0 Å². The fraction of sp³-hybridized carbons (Fsp3) is 0.571. The quantitative estimate of drug-likeness (QED) is 0.637. The van der Waals surface area contributed by atoms with Crippen molar-refractivity contribution in [2.24, 2.45) is 5.73 Å². The number of halogens is 3. The highest BCUT2D eigenvalue weighted by molar-refractivity contribution is 5.77. The van der Waals surface area contributed by atoms with Crippen molar-refractivity contribution in [2.75, 3.05) is 20.3 Å². The zero-order valence-electron chi connectivity index (χ0n) is 17.2. The summed E-state index contributed by atoms with van der Waals surface area (Å²) in [6, 6.07) is 0.183. The summed E-state index contributed by atoms with van der Waals surface area (Å²) >= 11 is 0. The second-order valence-electron chi connectivity index (χ2n) is 8.44. The van der Waals surface area contributed by atoms with Gasteiger partial charge in [-0.05, 0) is 43.7 Å². The number of hydrogen-bond acceptors (Lipinski definition) is 6. The van der Waals surface area contributed by atoms with Gasteiger partial charge in [-0.2, -0.15) is 4.98 Å². The van der Waals surface area contributed by atoms with E-state index < -0.39 is 23.5 Å². The third-order valence-corrected chi connectivity index (χ3v) is 6.06. The number of nitrogens with two attached hydrogens (primary N) is 1. The molecule has 1 aromatic heterocycles. The van der Waals surface area contributed by atoms with E-state index in [1.165, 1.54) is 0 Å². The lowest BCUT2D eigenvalue weighted by Gasteiger charge is -2.23. The van der Waals surface area contributed by atoms with Gasteiger partial charge in [-0.15, -0.1) is 0 Å². The monoisotopic (exact) mass is 438 g/mol. The van der Waals surface area contributed by atoms with Crippen LogP contribution >= 0.6 is 0 Å². The number of aromatic nitrogens is 2.